The van der Waals surface area contributed by atoms with Crippen molar-refractivity contribution >= 4 is 24.3 Å². The third-order valence-corrected chi connectivity index (χ3v) is 4.72. The van der Waals surface area contributed by atoms with Gasteiger partial charge in [0.1, 0.15) is 0 Å². The standard InChI is InChI=1S/C28H22.2Na.2H/c1-3-11-23(12-4-1)19-21-25-15-7-9-17-27(25)28-18-10-8-16-26(28)22-20-24-13-5-2-6-14-24;;;;/h1-22H;;;;/q;2*+1;2*-1/b21-19+,22-20+;;;;. The Morgan fingerprint density at radius 2 is 0.700 bits per heavy atom. The minimum Gasteiger partial charge on any atom is -1.00 e. The molecular weight excluding hydrogens is 382 g/mol. The Balaban J connectivity index is 0.00000240. The molecule has 0 bridgehead atoms. The van der Waals surface area contributed by atoms with Gasteiger partial charge in [0.2, 0.25) is 0 Å². The van der Waals surface area contributed by atoms with E-state index in [0.717, 1.165) is 0 Å². The Labute approximate surface area is 226 Å². The molecule has 0 amide bonds. The molecule has 0 atom stereocenters. The normalized spacial score (nSPS) is 10.5. The van der Waals surface area contributed by atoms with Crippen molar-refractivity contribution in [3.8, 4) is 11.1 Å². The molecule has 0 aliphatic rings. The van der Waals surface area contributed by atoms with Crippen LogP contribution in [0.4, 0.5) is 0 Å². The summed E-state index contributed by atoms with van der Waals surface area (Å²) >= 11 is 0. The molecule has 0 aliphatic carbocycles. The number of hydrogen-bond donors (Lipinski definition) is 0. The van der Waals surface area contributed by atoms with Crippen molar-refractivity contribution in [3.05, 3.63) is 131 Å². The van der Waals surface area contributed by atoms with Gasteiger partial charge in [-0.05, 0) is 33.4 Å². The number of hydrogen-bond acceptors (Lipinski definition) is 0. The van der Waals surface area contributed by atoms with Gasteiger partial charge in [-0.2, -0.15) is 0 Å². The van der Waals surface area contributed by atoms with E-state index in [0.29, 0.717) is 0 Å². The molecule has 138 valence electrons. The predicted octanol–water partition coefficient (Wildman–Crippen LogP) is 1.93. The largest absolute Gasteiger partial charge is 1.00 e. The van der Waals surface area contributed by atoms with Crippen molar-refractivity contribution in [2.24, 2.45) is 0 Å². The summed E-state index contributed by atoms with van der Waals surface area (Å²) in [5.41, 5.74) is 7.31. The number of rotatable bonds is 5. The maximum atomic E-state index is 2.20. The van der Waals surface area contributed by atoms with E-state index in [1.165, 1.54) is 33.4 Å². The van der Waals surface area contributed by atoms with Crippen LogP contribution in [-0.2, 0) is 0 Å². The summed E-state index contributed by atoms with van der Waals surface area (Å²) < 4.78 is 0. The Morgan fingerprint density at radius 1 is 0.367 bits per heavy atom. The fourth-order valence-electron chi connectivity index (χ4n) is 3.28. The van der Waals surface area contributed by atoms with Crippen LogP contribution in [0.5, 0.6) is 0 Å². The Morgan fingerprint density at radius 3 is 1.10 bits per heavy atom. The first-order valence-electron chi connectivity index (χ1n) is 9.55. The summed E-state index contributed by atoms with van der Waals surface area (Å²) in [7, 11) is 0. The molecule has 0 aromatic heterocycles. The van der Waals surface area contributed by atoms with Gasteiger partial charge in [0, 0.05) is 0 Å². The van der Waals surface area contributed by atoms with Gasteiger partial charge in [0.15, 0.2) is 0 Å². The van der Waals surface area contributed by atoms with E-state index >= 15 is 0 Å². The molecule has 0 radical (unpaired) electrons. The predicted molar refractivity (Wildman–Crippen MR) is 125 cm³/mol. The van der Waals surface area contributed by atoms with E-state index in [2.05, 4.69) is 121 Å². The van der Waals surface area contributed by atoms with Crippen molar-refractivity contribution in [1.29, 1.82) is 0 Å². The minimum absolute atomic E-state index is 0. The van der Waals surface area contributed by atoms with Crippen molar-refractivity contribution in [2.45, 2.75) is 0 Å². The topological polar surface area (TPSA) is 0 Å². The van der Waals surface area contributed by atoms with Crippen LogP contribution in [0, 0.1) is 0 Å². The zero-order valence-electron chi connectivity index (χ0n) is 19.7. The van der Waals surface area contributed by atoms with E-state index in [4.69, 9.17) is 0 Å². The van der Waals surface area contributed by atoms with Crippen molar-refractivity contribution in [1.82, 2.24) is 0 Å². The van der Waals surface area contributed by atoms with E-state index in [1.807, 2.05) is 12.1 Å². The zero-order chi connectivity index (χ0) is 19.0. The molecule has 4 aromatic rings. The van der Waals surface area contributed by atoms with Gasteiger partial charge in [0.05, 0.1) is 0 Å². The second kappa shape index (κ2) is 12.9. The molecule has 4 aromatic carbocycles. The summed E-state index contributed by atoms with van der Waals surface area (Å²) in [6.45, 7) is 0. The summed E-state index contributed by atoms with van der Waals surface area (Å²) in [5, 5.41) is 0. The maximum absolute atomic E-state index is 2.20. The van der Waals surface area contributed by atoms with Gasteiger partial charge in [-0.15, -0.1) is 0 Å². The molecule has 30 heavy (non-hydrogen) atoms. The molecule has 0 saturated heterocycles. The fourth-order valence-corrected chi connectivity index (χ4v) is 3.28. The quantitative estimate of drug-likeness (QED) is 0.351. The Hall–Kier alpha value is -1.64. The van der Waals surface area contributed by atoms with Gasteiger partial charge >= 0.3 is 59.1 Å². The first-order valence-corrected chi connectivity index (χ1v) is 9.55. The van der Waals surface area contributed by atoms with E-state index in [9.17, 15) is 0 Å². The molecule has 0 fully saturated rings. The third kappa shape index (κ3) is 6.68. The fraction of sp³-hybridized carbons (Fsp3) is 0. The molecule has 0 aliphatic heterocycles. The van der Waals surface area contributed by atoms with Crippen LogP contribution in [0.1, 0.15) is 25.1 Å². The van der Waals surface area contributed by atoms with Gasteiger partial charge in [-0.1, -0.05) is 133 Å². The second-order valence-corrected chi connectivity index (χ2v) is 6.66. The molecule has 2 heteroatoms. The summed E-state index contributed by atoms with van der Waals surface area (Å²) in [6, 6.07) is 38.0. The Bertz CT molecular complexity index is 1020. The smallest absolute Gasteiger partial charge is 1.00 e. The van der Waals surface area contributed by atoms with Crippen LogP contribution in [-0.4, -0.2) is 0 Å². The molecule has 0 nitrogen and oxygen atoms in total. The molecule has 0 heterocycles. The second-order valence-electron chi connectivity index (χ2n) is 6.66. The van der Waals surface area contributed by atoms with E-state index in [1.54, 1.807) is 0 Å². The monoisotopic (exact) mass is 406 g/mol. The van der Waals surface area contributed by atoms with Crippen LogP contribution in [0.25, 0.3) is 35.4 Å². The zero-order valence-corrected chi connectivity index (χ0v) is 21.7. The minimum atomic E-state index is 0. The van der Waals surface area contributed by atoms with Crippen molar-refractivity contribution in [2.75, 3.05) is 0 Å². The average molecular weight is 406 g/mol. The molecule has 0 spiro atoms. The summed E-state index contributed by atoms with van der Waals surface area (Å²) in [5.74, 6) is 0. The van der Waals surface area contributed by atoms with Crippen LogP contribution < -0.4 is 59.1 Å². The first kappa shape index (κ1) is 24.6. The van der Waals surface area contributed by atoms with E-state index in [-0.39, 0.29) is 62.0 Å². The van der Waals surface area contributed by atoms with Crippen LogP contribution in [0.3, 0.4) is 0 Å². The van der Waals surface area contributed by atoms with Crippen molar-refractivity contribution in [3.63, 3.8) is 0 Å². The van der Waals surface area contributed by atoms with Crippen molar-refractivity contribution < 1.29 is 62.0 Å². The van der Waals surface area contributed by atoms with Gasteiger partial charge in [-0.3, -0.25) is 0 Å². The van der Waals surface area contributed by atoms with Gasteiger partial charge < -0.3 is 2.85 Å². The summed E-state index contributed by atoms with van der Waals surface area (Å²) in [6.07, 6.45) is 8.73. The SMILES string of the molecule is C(=C\c1ccccc1-c1ccccc1/C=C/c1ccccc1)/c1ccccc1.[H-].[H-].[Na+].[Na+]. The van der Waals surface area contributed by atoms with Crippen LogP contribution in [0.2, 0.25) is 0 Å². The molecule has 0 N–H and O–H groups in total. The molecule has 0 saturated carbocycles. The van der Waals surface area contributed by atoms with Crippen LogP contribution >= 0.6 is 0 Å². The van der Waals surface area contributed by atoms with Crippen LogP contribution in [0.15, 0.2) is 109 Å². The number of benzene rings is 4. The Kier molecular flexibility index (Phi) is 10.6. The van der Waals surface area contributed by atoms with Gasteiger partial charge in [0.25, 0.3) is 0 Å². The molecule has 4 rings (SSSR count). The average Bonchev–Trinajstić information content (AvgIpc) is 2.78. The van der Waals surface area contributed by atoms with E-state index < -0.39 is 0 Å². The molecular formula is C28H24Na2. The van der Waals surface area contributed by atoms with Gasteiger partial charge in [-0.25, -0.2) is 0 Å². The summed E-state index contributed by atoms with van der Waals surface area (Å²) in [4.78, 5) is 0. The first-order chi connectivity index (χ1) is 13.9. The third-order valence-electron chi connectivity index (χ3n) is 4.72. The molecule has 0 unspecified atom stereocenters. The maximum Gasteiger partial charge on any atom is 1.00 e.